The van der Waals surface area contributed by atoms with E-state index in [1.165, 1.54) is 0 Å². The molecule has 1 aliphatic carbocycles. The molecule has 2 N–H and O–H groups in total. The summed E-state index contributed by atoms with van der Waals surface area (Å²) in [5.41, 5.74) is 0. The van der Waals surface area contributed by atoms with Gasteiger partial charge in [-0.2, -0.15) is 0 Å². The smallest absolute Gasteiger partial charge is 0.438 e. The maximum absolute atomic E-state index is 11.8. The Balaban J connectivity index is 1.68. The summed E-state index contributed by atoms with van der Waals surface area (Å²) in [4.78, 5) is 25.3. The molecule has 0 aromatic carbocycles. The minimum Gasteiger partial charge on any atom is -0.450 e. The summed E-state index contributed by atoms with van der Waals surface area (Å²) >= 11 is 0. The quantitative estimate of drug-likeness (QED) is 0.810. The average Bonchev–Trinajstić information content (AvgIpc) is 2.85. The lowest BCUT2D eigenvalue weighted by Crippen LogP contribution is -2.38. The summed E-state index contributed by atoms with van der Waals surface area (Å²) < 4.78 is 9.78. The highest BCUT2D eigenvalue weighted by atomic mass is 28.3. The van der Waals surface area contributed by atoms with E-state index in [0.717, 1.165) is 31.7 Å². The second kappa shape index (κ2) is 7.13. The van der Waals surface area contributed by atoms with Crippen LogP contribution in [0, 0.1) is 0 Å². The topological polar surface area (TPSA) is 97.2 Å². The second-order valence-corrected chi connectivity index (χ2v) is 12.7. The number of carbonyl (C=O) groups excluding carboxylic acids is 1. The van der Waals surface area contributed by atoms with Gasteiger partial charge >= 0.3 is 11.8 Å². The van der Waals surface area contributed by atoms with Crippen LogP contribution < -0.4 is 11.1 Å². The number of H-pyrrole nitrogens is 1. The van der Waals surface area contributed by atoms with E-state index in [1.54, 1.807) is 0 Å². The van der Waals surface area contributed by atoms with Gasteiger partial charge in [0.25, 0.3) is 0 Å². The minimum absolute atomic E-state index is 0.134. The number of hydrogen-bond acceptors (Lipinski definition) is 5. The molecule has 0 radical (unpaired) electrons. The zero-order valence-electron chi connectivity index (χ0n) is 13.5. The molecule has 0 atom stereocenters. The van der Waals surface area contributed by atoms with Crippen molar-refractivity contribution in [2.24, 2.45) is 0 Å². The molecule has 7 nitrogen and oxygen atoms in total. The van der Waals surface area contributed by atoms with Crippen LogP contribution in [0.2, 0.25) is 25.7 Å². The Labute approximate surface area is 130 Å². The highest BCUT2D eigenvalue weighted by Crippen LogP contribution is 2.30. The number of aromatic nitrogens is 2. The first-order valence-corrected chi connectivity index (χ1v) is 11.5. The Kier molecular flexibility index (Phi) is 5.44. The summed E-state index contributed by atoms with van der Waals surface area (Å²) in [5.74, 6) is 0.301. The van der Waals surface area contributed by atoms with Crippen LogP contribution in [-0.2, 0) is 4.74 Å². The van der Waals surface area contributed by atoms with Gasteiger partial charge in [0.15, 0.2) is 5.82 Å². The van der Waals surface area contributed by atoms with Crippen LogP contribution in [0.5, 0.6) is 0 Å². The molecule has 0 saturated heterocycles. The van der Waals surface area contributed by atoms with E-state index in [1.807, 2.05) is 0 Å². The molecular formula is C14H25N3O4Si. The number of alkyl carbamates (subject to hydrolysis) is 1. The molecule has 22 heavy (non-hydrogen) atoms. The van der Waals surface area contributed by atoms with Crippen LogP contribution in [0.3, 0.4) is 0 Å². The summed E-state index contributed by atoms with van der Waals surface area (Å²) in [6.07, 6.45) is 3.10. The van der Waals surface area contributed by atoms with Crippen molar-refractivity contribution in [2.45, 2.75) is 63.3 Å². The number of rotatable bonds is 5. The fraction of sp³-hybridized carbons (Fsp3) is 0.786. The Bertz CT molecular complexity index is 541. The highest BCUT2D eigenvalue weighted by molar-refractivity contribution is 6.76. The van der Waals surface area contributed by atoms with E-state index in [-0.39, 0.29) is 18.1 Å². The fourth-order valence-corrected chi connectivity index (χ4v) is 3.30. The van der Waals surface area contributed by atoms with Gasteiger partial charge in [-0.1, -0.05) is 24.8 Å². The SMILES string of the molecule is C[Si](C)(C)CCOC(=O)N[C@H]1CC[C@H](c2noc(=O)[nH]2)CC1. The number of ether oxygens (including phenoxy) is 1. The lowest BCUT2D eigenvalue weighted by Gasteiger charge is -2.27. The first-order valence-electron chi connectivity index (χ1n) is 7.83. The zero-order valence-corrected chi connectivity index (χ0v) is 14.5. The number of nitrogens with zero attached hydrogens (tertiary/aromatic N) is 1. The van der Waals surface area contributed by atoms with Crippen molar-refractivity contribution >= 4 is 14.2 Å². The van der Waals surface area contributed by atoms with E-state index in [4.69, 9.17) is 4.74 Å². The van der Waals surface area contributed by atoms with Gasteiger partial charge in [0.2, 0.25) is 0 Å². The molecule has 0 bridgehead atoms. The third-order valence-electron chi connectivity index (χ3n) is 3.98. The largest absolute Gasteiger partial charge is 0.450 e. The van der Waals surface area contributed by atoms with Crippen molar-refractivity contribution in [3.8, 4) is 0 Å². The van der Waals surface area contributed by atoms with Crippen molar-refractivity contribution in [3.63, 3.8) is 0 Å². The first-order chi connectivity index (χ1) is 10.3. The van der Waals surface area contributed by atoms with Crippen molar-refractivity contribution in [1.82, 2.24) is 15.5 Å². The molecule has 2 rings (SSSR count). The fourth-order valence-electron chi connectivity index (χ4n) is 2.59. The summed E-state index contributed by atoms with van der Waals surface area (Å²) in [6.45, 7) is 7.26. The van der Waals surface area contributed by atoms with Gasteiger partial charge in [-0.15, -0.1) is 0 Å². The Morgan fingerprint density at radius 2 is 2.05 bits per heavy atom. The van der Waals surface area contributed by atoms with E-state index in [9.17, 15) is 9.59 Å². The molecule has 1 amide bonds. The molecule has 0 unspecified atom stereocenters. The molecule has 1 fully saturated rings. The standard InChI is InChI=1S/C14H25N3O4Si/c1-22(2,3)9-8-20-13(18)15-11-6-4-10(5-7-11)12-16-14(19)21-17-12/h10-11H,4-9H2,1-3H3,(H,15,18)(H,16,17,19)/t10-,11-. The van der Waals surface area contributed by atoms with E-state index in [0.29, 0.717) is 12.4 Å². The van der Waals surface area contributed by atoms with Crippen LogP contribution in [0.15, 0.2) is 9.32 Å². The molecule has 124 valence electrons. The van der Waals surface area contributed by atoms with E-state index in [2.05, 4.69) is 39.6 Å². The molecular weight excluding hydrogens is 302 g/mol. The Hall–Kier alpha value is -1.57. The van der Waals surface area contributed by atoms with Gasteiger partial charge in [-0.05, 0) is 31.7 Å². The predicted octanol–water partition coefficient (Wildman–Crippen LogP) is 2.45. The number of nitrogens with one attached hydrogen (secondary N) is 2. The van der Waals surface area contributed by atoms with Crippen molar-refractivity contribution in [3.05, 3.63) is 16.4 Å². The molecule has 0 spiro atoms. The van der Waals surface area contributed by atoms with Crippen LogP contribution >= 0.6 is 0 Å². The molecule has 1 heterocycles. The van der Waals surface area contributed by atoms with Crippen LogP contribution in [0.1, 0.15) is 37.4 Å². The van der Waals surface area contributed by atoms with E-state index >= 15 is 0 Å². The zero-order chi connectivity index (χ0) is 16.2. The summed E-state index contributed by atoms with van der Waals surface area (Å²) in [6, 6.07) is 1.11. The number of aromatic amines is 1. The van der Waals surface area contributed by atoms with Crippen LogP contribution in [-0.4, -0.2) is 37.0 Å². The maximum atomic E-state index is 11.8. The molecule has 1 aromatic rings. The highest BCUT2D eigenvalue weighted by Gasteiger charge is 2.26. The molecule has 1 aromatic heterocycles. The molecule has 0 aliphatic heterocycles. The maximum Gasteiger partial charge on any atom is 0.438 e. The van der Waals surface area contributed by atoms with Crippen molar-refractivity contribution in [2.75, 3.05) is 6.61 Å². The lowest BCUT2D eigenvalue weighted by molar-refractivity contribution is 0.144. The third kappa shape index (κ3) is 5.32. The Morgan fingerprint density at radius 1 is 1.36 bits per heavy atom. The van der Waals surface area contributed by atoms with Crippen molar-refractivity contribution < 1.29 is 14.1 Å². The van der Waals surface area contributed by atoms with Crippen LogP contribution in [0.25, 0.3) is 0 Å². The molecule has 1 saturated carbocycles. The molecule has 1 aliphatic rings. The minimum atomic E-state index is -1.17. The molecule has 8 heteroatoms. The summed E-state index contributed by atoms with van der Waals surface area (Å²) in [7, 11) is -1.17. The summed E-state index contributed by atoms with van der Waals surface area (Å²) in [5, 5.41) is 6.66. The average molecular weight is 327 g/mol. The predicted molar refractivity (Wildman–Crippen MR) is 84.8 cm³/mol. The van der Waals surface area contributed by atoms with E-state index < -0.39 is 13.8 Å². The Morgan fingerprint density at radius 3 is 2.59 bits per heavy atom. The monoisotopic (exact) mass is 327 g/mol. The van der Waals surface area contributed by atoms with Gasteiger partial charge in [0.1, 0.15) is 0 Å². The first kappa shape index (κ1) is 16.8. The lowest BCUT2D eigenvalue weighted by atomic mass is 9.85. The number of hydrogen-bond donors (Lipinski definition) is 2. The second-order valence-electron chi connectivity index (χ2n) is 7.12. The van der Waals surface area contributed by atoms with Gasteiger partial charge in [0.05, 0.1) is 6.61 Å². The van der Waals surface area contributed by atoms with Crippen LogP contribution in [0.4, 0.5) is 4.79 Å². The normalized spacial score (nSPS) is 22.3. The van der Waals surface area contributed by atoms with Crippen molar-refractivity contribution in [1.29, 1.82) is 0 Å². The van der Waals surface area contributed by atoms with Gasteiger partial charge in [0, 0.05) is 20.0 Å². The van der Waals surface area contributed by atoms with Gasteiger partial charge in [-0.25, -0.2) is 9.59 Å². The number of carbonyl (C=O) groups is 1. The van der Waals surface area contributed by atoms with Gasteiger partial charge < -0.3 is 10.1 Å². The number of amides is 1. The third-order valence-corrected chi connectivity index (χ3v) is 5.68. The van der Waals surface area contributed by atoms with Gasteiger partial charge in [-0.3, -0.25) is 9.51 Å².